The standard InChI is InChI=1S/C69H88N18O4/c1-82-37-39-86(40-38-82)54-20-33-84(34-21-54)52-14-10-48(11-15-52)74-65-60(78-58(56-7-3-5-30-72-56)62(80-65)75-49-16-23-68(24-17-49)45-90-46-68)66(89)81-87-43-67(44-87)27-35-85(36-28-67)53-18-31-83(32-19-53)51-12-8-47(9-13-51)73-64-59(61(70)88)77-57(55-6-2-4-29-71-55)63(79-64)76-50-22-41-91-69(42-50)25-26-69/h2-15,29-30,49-50,53-54H,16-28,31-46H2,1H3,(H2,70,88)(H,81,89)(H2,73,76,79)(H2,74,75,80). The lowest BCUT2D eigenvalue weighted by Crippen LogP contribution is -2.65. The number of hydrogen-bond donors (Lipinski definition) is 6. The number of hydrogen-bond acceptors (Lipinski definition) is 20. The van der Waals surface area contributed by atoms with Gasteiger partial charge in [-0.3, -0.25) is 29.9 Å². The van der Waals surface area contributed by atoms with Crippen LogP contribution in [-0.4, -0.2) is 197 Å². The van der Waals surface area contributed by atoms with Crippen LogP contribution < -0.4 is 42.2 Å². The number of ether oxygens (including phenoxy) is 2. The molecule has 1 unspecified atom stereocenters. The first-order chi connectivity index (χ1) is 44.5. The molecule has 15 rings (SSSR count). The lowest BCUT2D eigenvalue weighted by molar-refractivity contribution is -0.131. The largest absolute Gasteiger partial charge is 0.380 e. The van der Waals surface area contributed by atoms with Crippen LogP contribution in [0.3, 0.4) is 0 Å². The minimum Gasteiger partial charge on any atom is -0.380 e. The lowest BCUT2D eigenvalue weighted by Gasteiger charge is -2.55. The second kappa shape index (κ2) is 25.5. The Morgan fingerprint density at radius 2 is 1.07 bits per heavy atom. The maximum absolute atomic E-state index is 14.8. The second-order valence-electron chi connectivity index (χ2n) is 27.8. The molecular formula is C69H88N18O4. The fourth-order valence-corrected chi connectivity index (χ4v) is 15.7. The average molecular weight is 1230 g/mol. The zero-order valence-corrected chi connectivity index (χ0v) is 52.6. The van der Waals surface area contributed by atoms with E-state index < -0.39 is 5.91 Å². The summed E-state index contributed by atoms with van der Waals surface area (Å²) >= 11 is 0. The molecule has 1 atom stereocenters. The number of rotatable bonds is 17. The number of nitrogens with zero attached hydrogens (tertiary/aromatic N) is 12. The van der Waals surface area contributed by atoms with E-state index in [-0.39, 0.29) is 40.4 Å². The van der Waals surface area contributed by atoms with Crippen LogP contribution >= 0.6 is 0 Å². The molecule has 9 fully saturated rings. The van der Waals surface area contributed by atoms with Crippen molar-refractivity contribution in [1.29, 1.82) is 0 Å². The number of nitrogens with one attached hydrogen (secondary N) is 5. The summed E-state index contributed by atoms with van der Waals surface area (Å²) in [5.41, 5.74) is 16.3. The molecule has 11 heterocycles. The van der Waals surface area contributed by atoms with Gasteiger partial charge in [-0.25, -0.2) is 24.9 Å². The molecule has 22 heteroatoms. The zero-order valence-electron chi connectivity index (χ0n) is 52.6. The predicted molar refractivity (Wildman–Crippen MR) is 354 cm³/mol. The Morgan fingerprint density at radius 3 is 1.57 bits per heavy atom. The van der Waals surface area contributed by atoms with Crippen LogP contribution in [0.1, 0.15) is 111 Å². The van der Waals surface area contributed by atoms with Crippen molar-refractivity contribution in [3.8, 4) is 22.8 Å². The van der Waals surface area contributed by atoms with Crippen molar-refractivity contribution >= 4 is 57.8 Å². The van der Waals surface area contributed by atoms with Crippen LogP contribution in [0.2, 0.25) is 0 Å². The van der Waals surface area contributed by atoms with Gasteiger partial charge in [0.25, 0.3) is 11.8 Å². The van der Waals surface area contributed by atoms with E-state index in [9.17, 15) is 9.59 Å². The molecule has 2 aliphatic carbocycles. The Labute approximate surface area is 533 Å². The lowest BCUT2D eigenvalue weighted by atomic mass is 9.71. The molecule has 3 spiro atoms. The van der Waals surface area contributed by atoms with Crippen LogP contribution in [0, 0.1) is 10.8 Å². The minimum atomic E-state index is -0.670. The third kappa shape index (κ3) is 13.1. The quantitative estimate of drug-likeness (QED) is 0.0503. The van der Waals surface area contributed by atoms with Crippen molar-refractivity contribution < 1.29 is 19.1 Å². The number of nitrogens with two attached hydrogens (primary N) is 1. The van der Waals surface area contributed by atoms with Crippen LogP contribution in [0.15, 0.2) is 97.3 Å². The highest BCUT2D eigenvalue weighted by atomic mass is 16.5. The molecule has 0 radical (unpaired) electrons. The third-order valence-corrected chi connectivity index (χ3v) is 21.6. The summed E-state index contributed by atoms with van der Waals surface area (Å²) in [4.78, 5) is 70.1. The number of primary amides is 1. The Bertz CT molecular complexity index is 3510. The van der Waals surface area contributed by atoms with E-state index in [4.69, 9.17) is 40.1 Å². The smallest absolute Gasteiger partial charge is 0.288 e. The van der Waals surface area contributed by atoms with Gasteiger partial charge < -0.3 is 56.1 Å². The van der Waals surface area contributed by atoms with Gasteiger partial charge in [-0.05, 0) is 183 Å². The molecule has 4 aromatic heterocycles. The number of aromatic nitrogens is 6. The number of carbonyl (C=O) groups excluding carboxylic acids is 2. The predicted octanol–water partition coefficient (Wildman–Crippen LogP) is 8.40. The molecule has 0 bridgehead atoms. The second-order valence-corrected chi connectivity index (χ2v) is 27.8. The van der Waals surface area contributed by atoms with Gasteiger partial charge in [-0.1, -0.05) is 12.1 Å². The van der Waals surface area contributed by atoms with E-state index in [0.29, 0.717) is 70.2 Å². The average Bonchev–Trinajstić information content (AvgIpc) is 2.09. The summed E-state index contributed by atoms with van der Waals surface area (Å²) in [5.74, 6) is 0.943. The fourth-order valence-electron chi connectivity index (χ4n) is 15.7. The summed E-state index contributed by atoms with van der Waals surface area (Å²) < 4.78 is 11.8. The maximum atomic E-state index is 14.8. The minimum absolute atomic E-state index is 0.0353. The van der Waals surface area contributed by atoms with E-state index in [0.717, 1.165) is 186 Å². The Balaban J connectivity index is 0.571. The number of amides is 2. The molecule has 2 aromatic carbocycles. The summed E-state index contributed by atoms with van der Waals surface area (Å²) in [6, 6.07) is 29.9. The van der Waals surface area contributed by atoms with Gasteiger partial charge in [0.1, 0.15) is 11.4 Å². The van der Waals surface area contributed by atoms with Gasteiger partial charge in [-0.15, -0.1) is 0 Å². The number of piperazine rings is 1. The molecule has 9 aliphatic rings. The third-order valence-electron chi connectivity index (χ3n) is 21.6. The molecule has 2 amide bonds. The van der Waals surface area contributed by atoms with Gasteiger partial charge in [0, 0.05) is 142 Å². The SMILES string of the molecule is CN1CCN(C2CCN(c3ccc(Nc4nc(NC5CCC6(CC5)COC6)c(-c5ccccn5)nc4C(=O)NN4CC5(CCN(C6CCN(c7ccc(Nc8nc(NC9CCOC%10(CC%10)C9)c(-c9ccccn9)nc8C(N)=O)cc7)CC6)CC5)C4)cc3)CC2)CC1. The van der Waals surface area contributed by atoms with Crippen LogP contribution in [0.5, 0.6) is 0 Å². The number of anilines is 8. The molecule has 6 aromatic rings. The first-order valence-corrected chi connectivity index (χ1v) is 33.7. The van der Waals surface area contributed by atoms with Crippen molar-refractivity contribution in [2.75, 3.05) is 136 Å². The van der Waals surface area contributed by atoms with E-state index in [2.05, 4.69) is 105 Å². The van der Waals surface area contributed by atoms with Crippen molar-refractivity contribution in [2.24, 2.45) is 16.6 Å². The molecule has 7 aliphatic heterocycles. The van der Waals surface area contributed by atoms with Gasteiger partial charge in [0.2, 0.25) is 0 Å². The first kappa shape index (κ1) is 59.7. The number of benzene rings is 2. The number of likely N-dealkylation sites (tertiary alicyclic amines) is 1. The summed E-state index contributed by atoms with van der Waals surface area (Å²) in [6.07, 6.45) is 18.3. The number of pyridine rings is 2. The monoisotopic (exact) mass is 1230 g/mol. The van der Waals surface area contributed by atoms with Gasteiger partial charge in [-0.2, -0.15) is 0 Å². The Morgan fingerprint density at radius 1 is 0.538 bits per heavy atom. The maximum Gasteiger partial charge on any atom is 0.288 e. The molecule has 2 saturated carbocycles. The van der Waals surface area contributed by atoms with E-state index >= 15 is 0 Å². The highest BCUT2D eigenvalue weighted by Gasteiger charge is 2.49. The van der Waals surface area contributed by atoms with Gasteiger partial charge in [0.15, 0.2) is 34.7 Å². The first-order valence-electron chi connectivity index (χ1n) is 33.7. The van der Waals surface area contributed by atoms with E-state index in [1.165, 1.54) is 18.5 Å². The normalized spacial score (nSPS) is 23.1. The summed E-state index contributed by atoms with van der Waals surface area (Å²) in [7, 11) is 2.22. The Hall–Kier alpha value is -7.60. The number of piperidine rings is 3. The Kier molecular flexibility index (Phi) is 16.7. The van der Waals surface area contributed by atoms with E-state index in [1.807, 2.05) is 48.5 Å². The highest BCUT2D eigenvalue weighted by Crippen LogP contribution is 2.48. The van der Waals surface area contributed by atoms with Crippen molar-refractivity contribution in [3.05, 3.63) is 109 Å². The molecule has 91 heavy (non-hydrogen) atoms. The summed E-state index contributed by atoms with van der Waals surface area (Å²) in [6.45, 7) is 14.7. The van der Waals surface area contributed by atoms with E-state index in [1.54, 1.807) is 12.4 Å². The van der Waals surface area contributed by atoms with Gasteiger partial charge in [0.05, 0.1) is 30.2 Å². The van der Waals surface area contributed by atoms with Crippen LogP contribution in [0.25, 0.3) is 22.8 Å². The van der Waals surface area contributed by atoms with Gasteiger partial charge >= 0.3 is 0 Å². The van der Waals surface area contributed by atoms with Crippen molar-refractivity contribution in [3.63, 3.8) is 0 Å². The summed E-state index contributed by atoms with van der Waals surface area (Å²) in [5, 5.41) is 16.5. The molecule has 22 nitrogen and oxygen atoms in total. The van der Waals surface area contributed by atoms with Crippen LogP contribution in [-0.2, 0) is 9.47 Å². The fraction of sp³-hybridized carbons (Fsp3) is 0.536. The number of hydrazine groups is 1. The zero-order chi connectivity index (χ0) is 61.5. The molecule has 478 valence electrons. The topological polar surface area (TPSA) is 236 Å². The number of likely N-dealkylation sites (N-methyl/N-ethyl adjacent to an activating group) is 1. The number of carbonyl (C=O) groups is 2. The van der Waals surface area contributed by atoms with Crippen molar-refractivity contribution in [1.82, 2.24) is 55.0 Å². The molecule has 7 saturated heterocycles. The van der Waals surface area contributed by atoms with Crippen LogP contribution in [0.4, 0.5) is 46.0 Å². The molecular weight excluding hydrogens is 1140 g/mol. The van der Waals surface area contributed by atoms with Crippen molar-refractivity contribution in [2.45, 2.75) is 120 Å². The highest BCUT2D eigenvalue weighted by molar-refractivity contribution is 5.99. The molecule has 7 N–H and O–H groups in total.